The standard InChI is InChI=1S/C50H95NO18S/c1-5-7-9-11-13-15-17-19-21-23-25-27-29-36(30-28-26-24-22-20-18-16-14-12-10-8-6-2)33-63-48-39(51-35(4)54)46(68-49-43(58)42(57)40(55)34(3)64-49)45(38(32-53)66-48)67-50-44(59)47(69-70(60,61)62)41(56)37(31-52)65-50/h34,36-50,52-53,55-59H,5-33H2,1-4H3,(H,51,54)(H,60,61,62)/t34-,37+,38+,39+,40+,41-,42+,43-,44+,45+,46+,47-,48+,49-,50-/m0/s1. The first-order valence-electron chi connectivity index (χ1n) is 27.0. The number of nitrogens with one attached hydrogen (secondary N) is 1. The summed E-state index contributed by atoms with van der Waals surface area (Å²) in [7, 11) is -5.28. The average Bonchev–Trinajstić information content (AvgIpc) is 3.32. The van der Waals surface area contributed by atoms with Crippen molar-refractivity contribution in [1.29, 1.82) is 0 Å². The minimum absolute atomic E-state index is 0.113. The average molecular weight is 1030 g/mol. The van der Waals surface area contributed by atoms with Crippen LogP contribution >= 0.6 is 0 Å². The van der Waals surface area contributed by atoms with Gasteiger partial charge < -0.3 is 69.5 Å². The highest BCUT2D eigenvalue weighted by Gasteiger charge is 2.55. The summed E-state index contributed by atoms with van der Waals surface area (Å²) in [5, 5.41) is 77.8. The lowest BCUT2D eigenvalue weighted by Gasteiger charge is -2.50. The molecule has 0 aromatic heterocycles. The molecule has 19 nitrogen and oxygen atoms in total. The molecule has 3 aliphatic rings. The second-order valence-corrected chi connectivity index (χ2v) is 21.1. The molecular formula is C50H95NO18S. The fourth-order valence-electron chi connectivity index (χ4n) is 9.85. The number of hydrogen-bond donors (Lipinski definition) is 9. The molecule has 9 N–H and O–H groups in total. The van der Waals surface area contributed by atoms with Crippen LogP contribution in [-0.4, -0.2) is 166 Å². The van der Waals surface area contributed by atoms with E-state index in [9.17, 15) is 53.5 Å². The summed E-state index contributed by atoms with van der Waals surface area (Å²) < 4.78 is 74.3. The normalized spacial score (nSPS) is 31.9. The maximum absolute atomic E-state index is 13.0. The first kappa shape index (κ1) is 63.1. The van der Waals surface area contributed by atoms with Crippen molar-refractivity contribution < 1.29 is 86.1 Å². The van der Waals surface area contributed by atoms with Crippen LogP contribution in [0, 0.1) is 5.92 Å². The third kappa shape index (κ3) is 22.7. The van der Waals surface area contributed by atoms with Crippen molar-refractivity contribution in [1.82, 2.24) is 5.32 Å². The summed E-state index contributed by atoms with van der Waals surface area (Å²) in [5.74, 6) is -0.461. The van der Waals surface area contributed by atoms with E-state index < -0.39 is 122 Å². The maximum atomic E-state index is 13.0. The summed E-state index contributed by atoms with van der Waals surface area (Å²) in [6, 6.07) is -1.30. The van der Waals surface area contributed by atoms with Gasteiger partial charge in [0.25, 0.3) is 0 Å². The molecule has 0 unspecified atom stereocenters. The molecule has 3 saturated heterocycles. The monoisotopic (exact) mass is 1030 g/mol. The van der Waals surface area contributed by atoms with E-state index in [-0.39, 0.29) is 12.5 Å². The molecule has 3 fully saturated rings. The molecule has 20 heteroatoms. The Balaban J connectivity index is 1.80. The molecule has 0 radical (unpaired) electrons. The number of carbonyl (C=O) groups is 1. The maximum Gasteiger partial charge on any atom is 0.397 e. The Morgan fingerprint density at radius 3 is 1.41 bits per heavy atom. The van der Waals surface area contributed by atoms with E-state index in [0.29, 0.717) is 0 Å². The van der Waals surface area contributed by atoms with Crippen molar-refractivity contribution in [3.8, 4) is 0 Å². The molecule has 0 aliphatic carbocycles. The third-order valence-corrected chi connectivity index (χ3v) is 14.5. The molecule has 0 aromatic rings. The molecule has 1 amide bonds. The fourth-order valence-corrected chi connectivity index (χ4v) is 10.4. The molecule has 414 valence electrons. The molecule has 0 saturated carbocycles. The molecule has 15 atom stereocenters. The SMILES string of the molecule is CCCCCCCCCCCCCCC(CCCCCCCCCCCCCC)CO[C@@H]1O[C@H](CO)[C@@H](O[C@@H]2O[C@H](CO)[C@H](O)[C@H](OS(=O)(=O)O)[C@H]2O)[C@H](O[C@@H]2O[C@@H](C)[C@@H](O)[C@@H](O)[C@@H]2O)[C@H]1NC(C)=O. The highest BCUT2D eigenvalue weighted by Crippen LogP contribution is 2.35. The Hall–Kier alpha value is -1.18. The van der Waals surface area contributed by atoms with Crippen molar-refractivity contribution in [2.75, 3.05) is 19.8 Å². The lowest BCUT2D eigenvalue weighted by atomic mass is 9.93. The van der Waals surface area contributed by atoms with Crippen LogP contribution in [0.2, 0.25) is 0 Å². The number of ether oxygens (including phenoxy) is 6. The first-order valence-corrected chi connectivity index (χ1v) is 28.4. The quantitative estimate of drug-likeness (QED) is 0.0282. The Morgan fingerprint density at radius 1 is 0.543 bits per heavy atom. The van der Waals surface area contributed by atoms with Gasteiger partial charge in [0.1, 0.15) is 67.1 Å². The van der Waals surface area contributed by atoms with Crippen LogP contribution in [0.5, 0.6) is 0 Å². The molecule has 70 heavy (non-hydrogen) atoms. The van der Waals surface area contributed by atoms with Crippen molar-refractivity contribution in [3.05, 3.63) is 0 Å². The zero-order valence-electron chi connectivity index (χ0n) is 42.8. The second-order valence-electron chi connectivity index (χ2n) is 20.1. The van der Waals surface area contributed by atoms with Crippen molar-refractivity contribution in [3.63, 3.8) is 0 Å². The summed E-state index contributed by atoms with van der Waals surface area (Å²) in [5.41, 5.74) is 0. The van der Waals surface area contributed by atoms with E-state index in [2.05, 4.69) is 23.3 Å². The van der Waals surface area contributed by atoms with Crippen LogP contribution in [-0.2, 0) is 47.8 Å². The second kappa shape index (κ2) is 35.1. The minimum Gasteiger partial charge on any atom is -0.394 e. The predicted molar refractivity (Wildman–Crippen MR) is 260 cm³/mol. The van der Waals surface area contributed by atoms with Crippen molar-refractivity contribution >= 4 is 16.3 Å². The third-order valence-electron chi connectivity index (χ3n) is 14.1. The minimum atomic E-state index is -5.28. The highest BCUT2D eigenvalue weighted by molar-refractivity contribution is 7.80. The Bertz CT molecular complexity index is 1440. The van der Waals surface area contributed by atoms with Gasteiger partial charge in [0, 0.05) is 6.92 Å². The molecular weight excluding hydrogens is 935 g/mol. The number of hydrogen-bond acceptors (Lipinski definition) is 17. The van der Waals surface area contributed by atoms with Gasteiger partial charge in [-0.25, -0.2) is 4.18 Å². The van der Waals surface area contributed by atoms with Crippen molar-refractivity contribution in [2.24, 2.45) is 5.92 Å². The number of unbranched alkanes of at least 4 members (excludes halogenated alkanes) is 22. The van der Waals surface area contributed by atoms with E-state index in [1.807, 2.05) is 0 Å². The number of amides is 1. The van der Waals surface area contributed by atoms with E-state index in [1.165, 1.54) is 129 Å². The topological polar surface area (TPSA) is 290 Å². The van der Waals surface area contributed by atoms with E-state index in [4.69, 9.17) is 28.4 Å². The molecule has 0 spiro atoms. The van der Waals surface area contributed by atoms with Crippen LogP contribution < -0.4 is 5.32 Å². The number of aliphatic hydroxyl groups is 7. The van der Waals surface area contributed by atoms with Crippen LogP contribution in [0.4, 0.5) is 0 Å². The lowest BCUT2D eigenvalue weighted by Crippen LogP contribution is -2.70. The molecule has 3 aliphatic heterocycles. The van der Waals surface area contributed by atoms with Gasteiger partial charge in [0.05, 0.1) is 25.9 Å². The smallest absolute Gasteiger partial charge is 0.394 e. The fraction of sp³-hybridized carbons (Fsp3) is 0.980. The Kier molecular flexibility index (Phi) is 31.7. The number of rotatable bonds is 38. The van der Waals surface area contributed by atoms with E-state index >= 15 is 0 Å². The summed E-state index contributed by atoms with van der Waals surface area (Å²) in [6.07, 6.45) is 7.76. The summed E-state index contributed by atoms with van der Waals surface area (Å²) >= 11 is 0. The van der Waals surface area contributed by atoms with Gasteiger partial charge in [-0.2, -0.15) is 8.42 Å². The Labute approximate surface area is 419 Å². The van der Waals surface area contributed by atoms with E-state index in [0.717, 1.165) is 51.4 Å². The number of aliphatic hydroxyl groups excluding tert-OH is 7. The van der Waals surface area contributed by atoms with E-state index in [1.54, 1.807) is 0 Å². The number of carbonyl (C=O) groups excluding carboxylic acids is 1. The lowest BCUT2D eigenvalue weighted by molar-refractivity contribution is -0.372. The first-order chi connectivity index (χ1) is 33.6. The highest BCUT2D eigenvalue weighted by atomic mass is 32.3. The molecule has 3 heterocycles. The van der Waals surface area contributed by atoms with Crippen LogP contribution in [0.3, 0.4) is 0 Å². The summed E-state index contributed by atoms with van der Waals surface area (Å²) in [6.45, 7) is 5.65. The largest absolute Gasteiger partial charge is 0.397 e. The van der Waals surface area contributed by atoms with Crippen LogP contribution in [0.15, 0.2) is 0 Å². The van der Waals surface area contributed by atoms with Gasteiger partial charge in [0.15, 0.2) is 18.9 Å². The molecule has 3 rings (SSSR count). The van der Waals surface area contributed by atoms with Gasteiger partial charge in [-0.15, -0.1) is 0 Å². The predicted octanol–water partition coefficient (Wildman–Crippen LogP) is 5.25. The zero-order valence-corrected chi connectivity index (χ0v) is 43.6. The van der Waals surface area contributed by atoms with Crippen LogP contribution in [0.1, 0.15) is 195 Å². The van der Waals surface area contributed by atoms with Gasteiger partial charge in [-0.3, -0.25) is 9.35 Å². The zero-order chi connectivity index (χ0) is 51.5. The van der Waals surface area contributed by atoms with Crippen LogP contribution in [0.25, 0.3) is 0 Å². The van der Waals surface area contributed by atoms with Gasteiger partial charge in [-0.05, 0) is 25.7 Å². The van der Waals surface area contributed by atoms with Gasteiger partial charge >= 0.3 is 10.4 Å². The Morgan fingerprint density at radius 2 is 0.971 bits per heavy atom. The van der Waals surface area contributed by atoms with Gasteiger partial charge in [-0.1, -0.05) is 168 Å². The summed E-state index contributed by atoms with van der Waals surface area (Å²) in [4.78, 5) is 13.0. The van der Waals surface area contributed by atoms with Gasteiger partial charge in [0.2, 0.25) is 5.91 Å². The van der Waals surface area contributed by atoms with Crippen molar-refractivity contribution in [2.45, 2.75) is 287 Å². The molecule has 0 aromatic carbocycles. The molecule has 0 bridgehead atoms.